The molecule has 10 radical (unpaired) electrons. The fraction of sp³-hybridized carbons (Fsp3) is 0. The van der Waals surface area contributed by atoms with E-state index < -0.39 is 0 Å². The normalized spacial score (nSPS) is 0. The molecule has 4 heteroatoms. The third-order valence-corrected chi connectivity index (χ3v) is 0. The van der Waals surface area contributed by atoms with E-state index in [0.717, 1.165) is 0 Å². The maximum atomic E-state index is 0. The summed E-state index contributed by atoms with van der Waals surface area (Å²) in [5, 5.41) is 0. The van der Waals surface area contributed by atoms with Gasteiger partial charge in [0.1, 0.15) is 0 Å². The predicted octanol–water partition coefficient (Wildman–Crippen LogP) is -1.14. The summed E-state index contributed by atoms with van der Waals surface area (Å²) < 4.78 is 0. The third-order valence-electron chi connectivity index (χ3n) is 0. The molecule has 0 atom stereocenters. The van der Waals surface area contributed by atoms with Crippen LogP contribution in [0.4, 0.5) is 0 Å². The summed E-state index contributed by atoms with van der Waals surface area (Å²) >= 11 is 0. The van der Waals surface area contributed by atoms with E-state index in [1.54, 1.807) is 0 Å². The molecule has 0 rings (SSSR count). The summed E-state index contributed by atoms with van der Waals surface area (Å²) in [5.74, 6) is 0. The van der Waals surface area contributed by atoms with Crippen LogP contribution in [-0.2, 0) is 0 Å². The SMILES string of the molecule is [Ga].[Ga].[Ga].[Tm]. The van der Waals surface area contributed by atoms with Crippen LogP contribution in [0.5, 0.6) is 0 Å². The Morgan fingerprint density at radius 1 is 0.500 bits per heavy atom. The molecule has 0 aromatic rings. The van der Waals surface area contributed by atoms with E-state index >= 15 is 0 Å². The molecule has 0 nitrogen and oxygen atoms in total. The van der Waals surface area contributed by atoms with E-state index in [0.29, 0.717) is 0 Å². The summed E-state index contributed by atoms with van der Waals surface area (Å²) in [6.07, 6.45) is 0. The van der Waals surface area contributed by atoms with Crippen LogP contribution in [0.2, 0.25) is 0 Å². The van der Waals surface area contributed by atoms with E-state index in [-0.39, 0.29) is 96.2 Å². The first kappa shape index (κ1) is 27.3. The molecule has 0 spiro atoms. The first-order valence-electron chi connectivity index (χ1n) is 0. The molecule has 0 fully saturated rings. The Balaban J connectivity index is 0. The maximum absolute atomic E-state index is 0. The van der Waals surface area contributed by atoms with Gasteiger partial charge in [-0.25, -0.2) is 0 Å². The van der Waals surface area contributed by atoms with Crippen molar-refractivity contribution in [2.24, 2.45) is 0 Å². The van der Waals surface area contributed by atoms with Crippen molar-refractivity contribution in [3.8, 4) is 0 Å². The van der Waals surface area contributed by atoms with Gasteiger partial charge < -0.3 is 0 Å². The Hall–Kier alpha value is 3.14. The van der Waals surface area contributed by atoms with Crippen molar-refractivity contribution in [3.63, 3.8) is 0 Å². The van der Waals surface area contributed by atoms with Gasteiger partial charge in [-0.15, -0.1) is 0 Å². The molecule has 4 heavy (non-hydrogen) atoms. The number of hydrogen-bond acceptors (Lipinski definition) is 0. The maximum Gasteiger partial charge on any atom is 0 e. The molecule has 0 aromatic carbocycles. The van der Waals surface area contributed by atoms with E-state index in [9.17, 15) is 0 Å². The molecule has 0 N–H and O–H groups in total. The molecule has 0 heterocycles. The van der Waals surface area contributed by atoms with Gasteiger partial charge in [0.2, 0.25) is 0 Å². The molecule has 22 valence electrons. The predicted molar refractivity (Wildman–Crippen MR) is 17.3 cm³/mol. The largest absolute Gasteiger partial charge is 0 e. The zero-order valence-electron chi connectivity index (χ0n) is 2.01. The third kappa shape index (κ3) is 8.94. The standard InChI is InChI=1S/3Ga.Tm. The first-order valence-corrected chi connectivity index (χ1v) is 0. The molecule has 0 saturated carbocycles. The van der Waals surface area contributed by atoms with E-state index in [4.69, 9.17) is 0 Å². The average Bonchev–Trinajstić information content (AvgIpc) is 0. The van der Waals surface area contributed by atoms with Crippen LogP contribution in [0.15, 0.2) is 0 Å². The molecule has 0 unspecified atom stereocenters. The van der Waals surface area contributed by atoms with E-state index in [2.05, 4.69) is 0 Å². The quantitative estimate of drug-likeness (QED) is 0.468. The smallest absolute Gasteiger partial charge is 0 e. The molecular weight excluding hydrogens is 378 g/mol. The van der Waals surface area contributed by atoms with E-state index in [1.165, 1.54) is 0 Å². The molecular formula is Ga3Tm. The number of rotatable bonds is 0. The molecule has 0 aliphatic carbocycles. The van der Waals surface area contributed by atoms with Crippen LogP contribution in [-0.4, -0.2) is 59.4 Å². The van der Waals surface area contributed by atoms with Crippen molar-refractivity contribution >= 4 is 59.4 Å². The minimum absolute atomic E-state index is 0. The molecule has 0 aliphatic heterocycles. The van der Waals surface area contributed by atoms with Gasteiger partial charge in [-0.3, -0.25) is 0 Å². The summed E-state index contributed by atoms with van der Waals surface area (Å²) in [4.78, 5) is 0. The van der Waals surface area contributed by atoms with Gasteiger partial charge in [-0.05, 0) is 0 Å². The summed E-state index contributed by atoms with van der Waals surface area (Å²) in [5.41, 5.74) is 0. The van der Waals surface area contributed by atoms with Crippen molar-refractivity contribution in [2.75, 3.05) is 0 Å². The minimum atomic E-state index is 0. The molecule has 0 aliphatic rings. The topological polar surface area (TPSA) is 0 Å². The van der Waals surface area contributed by atoms with Crippen molar-refractivity contribution in [1.82, 2.24) is 0 Å². The molecule has 0 bridgehead atoms. The first-order chi connectivity index (χ1) is 0. The van der Waals surface area contributed by atoms with Gasteiger partial charge in [0.25, 0.3) is 0 Å². The van der Waals surface area contributed by atoms with Gasteiger partial charge >= 0.3 is 0 Å². The van der Waals surface area contributed by atoms with Crippen LogP contribution in [0.1, 0.15) is 0 Å². The fourth-order valence-electron chi connectivity index (χ4n) is 0. The van der Waals surface area contributed by atoms with Crippen LogP contribution < -0.4 is 0 Å². The zero-order chi connectivity index (χ0) is 0. The zero-order valence-corrected chi connectivity index (χ0v) is 11.1. The van der Waals surface area contributed by atoms with Crippen LogP contribution in [0.3, 0.4) is 0 Å². The van der Waals surface area contributed by atoms with Gasteiger partial charge in [0.15, 0.2) is 0 Å². The van der Waals surface area contributed by atoms with Crippen LogP contribution >= 0.6 is 0 Å². The Morgan fingerprint density at radius 2 is 0.500 bits per heavy atom. The van der Waals surface area contributed by atoms with Crippen LogP contribution in [0.25, 0.3) is 0 Å². The van der Waals surface area contributed by atoms with Crippen molar-refractivity contribution in [3.05, 3.63) is 0 Å². The molecule has 0 saturated heterocycles. The van der Waals surface area contributed by atoms with E-state index in [1.807, 2.05) is 0 Å². The Bertz CT molecular complexity index is 3.25. The average molecular weight is 378 g/mol. The monoisotopic (exact) mass is 376 g/mol. The summed E-state index contributed by atoms with van der Waals surface area (Å²) in [6.45, 7) is 0. The van der Waals surface area contributed by atoms with Gasteiger partial charge in [-0.1, -0.05) is 0 Å². The fourth-order valence-corrected chi connectivity index (χ4v) is 0. The van der Waals surface area contributed by atoms with Gasteiger partial charge in [0, 0.05) is 96.2 Å². The molecule has 0 aromatic heterocycles. The Labute approximate surface area is 94.2 Å². The number of hydrogen-bond donors (Lipinski definition) is 0. The Morgan fingerprint density at radius 3 is 0.500 bits per heavy atom. The minimum Gasteiger partial charge on any atom is 0 e. The second-order valence-corrected chi connectivity index (χ2v) is 0. The van der Waals surface area contributed by atoms with Gasteiger partial charge in [0.05, 0.1) is 0 Å². The van der Waals surface area contributed by atoms with Crippen molar-refractivity contribution < 1.29 is 36.9 Å². The second kappa shape index (κ2) is 16.4. The molecule has 0 amide bonds. The van der Waals surface area contributed by atoms with Gasteiger partial charge in [-0.2, -0.15) is 0 Å². The van der Waals surface area contributed by atoms with Crippen molar-refractivity contribution in [1.29, 1.82) is 0 Å². The second-order valence-electron chi connectivity index (χ2n) is 0. The summed E-state index contributed by atoms with van der Waals surface area (Å²) in [7, 11) is 0. The van der Waals surface area contributed by atoms with Crippen molar-refractivity contribution in [2.45, 2.75) is 0 Å². The summed E-state index contributed by atoms with van der Waals surface area (Å²) in [6, 6.07) is 0. The Kier molecular flexibility index (Phi) is 112. The van der Waals surface area contributed by atoms with Crippen LogP contribution in [0, 0.1) is 36.9 Å².